The van der Waals surface area contributed by atoms with E-state index in [4.69, 9.17) is 14.2 Å². The van der Waals surface area contributed by atoms with Gasteiger partial charge in [0.2, 0.25) is 6.79 Å². The van der Waals surface area contributed by atoms with Crippen LogP contribution in [0, 0.1) is 5.92 Å². The van der Waals surface area contributed by atoms with Crippen molar-refractivity contribution in [2.75, 3.05) is 39.6 Å². The predicted molar refractivity (Wildman–Crippen MR) is 107 cm³/mol. The first-order chi connectivity index (χ1) is 13.1. The van der Waals surface area contributed by atoms with Gasteiger partial charge >= 0.3 is 0 Å². The highest BCUT2D eigenvalue weighted by atomic mass is 16.7. The molecular weight excluding hydrogens is 344 g/mol. The SMILES string of the molecule is CCNC(=NCCOc1ccc2c(c1)OCO2)NC1CN(C(C)C)CC1C. The summed E-state index contributed by atoms with van der Waals surface area (Å²) in [6.07, 6.45) is 0. The number of ether oxygens (including phenoxy) is 3. The number of hydrogen-bond acceptors (Lipinski definition) is 5. The molecule has 3 rings (SSSR count). The zero-order chi connectivity index (χ0) is 19.2. The van der Waals surface area contributed by atoms with Crippen molar-refractivity contribution >= 4 is 5.96 Å². The monoisotopic (exact) mass is 376 g/mol. The molecule has 7 heteroatoms. The minimum Gasteiger partial charge on any atom is -0.492 e. The predicted octanol–water partition coefficient (Wildman–Crippen LogP) is 2.08. The molecule has 2 aliphatic heterocycles. The van der Waals surface area contributed by atoms with Gasteiger partial charge in [0.25, 0.3) is 0 Å². The maximum atomic E-state index is 5.79. The van der Waals surface area contributed by atoms with E-state index in [1.807, 2.05) is 18.2 Å². The third-order valence-electron chi connectivity index (χ3n) is 5.01. The highest BCUT2D eigenvalue weighted by Gasteiger charge is 2.31. The van der Waals surface area contributed by atoms with Crippen molar-refractivity contribution < 1.29 is 14.2 Å². The number of benzene rings is 1. The van der Waals surface area contributed by atoms with Crippen LogP contribution in [0.25, 0.3) is 0 Å². The normalized spacial score (nSPS) is 22.3. The lowest BCUT2D eigenvalue weighted by Crippen LogP contribution is -2.47. The Morgan fingerprint density at radius 1 is 1.30 bits per heavy atom. The Bertz CT molecular complexity index is 650. The summed E-state index contributed by atoms with van der Waals surface area (Å²) >= 11 is 0. The van der Waals surface area contributed by atoms with Crippen LogP contribution in [0.1, 0.15) is 27.7 Å². The zero-order valence-electron chi connectivity index (χ0n) is 16.8. The van der Waals surface area contributed by atoms with E-state index in [9.17, 15) is 0 Å². The fraction of sp³-hybridized carbons (Fsp3) is 0.650. The number of nitrogens with one attached hydrogen (secondary N) is 2. The zero-order valence-corrected chi connectivity index (χ0v) is 16.8. The topological polar surface area (TPSA) is 67.4 Å². The van der Waals surface area contributed by atoms with Crippen molar-refractivity contribution in [2.45, 2.75) is 39.8 Å². The van der Waals surface area contributed by atoms with Crippen LogP contribution in [0.15, 0.2) is 23.2 Å². The van der Waals surface area contributed by atoms with Crippen molar-refractivity contribution in [3.63, 3.8) is 0 Å². The van der Waals surface area contributed by atoms with E-state index in [0.29, 0.717) is 31.2 Å². The number of fused-ring (bicyclic) bond motifs is 1. The molecule has 7 nitrogen and oxygen atoms in total. The van der Waals surface area contributed by atoms with E-state index in [1.54, 1.807) is 0 Å². The number of likely N-dealkylation sites (tertiary alicyclic amines) is 1. The molecule has 1 aromatic carbocycles. The van der Waals surface area contributed by atoms with Crippen molar-refractivity contribution in [3.8, 4) is 17.2 Å². The van der Waals surface area contributed by atoms with Gasteiger partial charge in [-0.15, -0.1) is 0 Å². The Morgan fingerprint density at radius 2 is 2.11 bits per heavy atom. The molecule has 2 N–H and O–H groups in total. The molecule has 2 aliphatic rings. The second kappa shape index (κ2) is 9.17. The van der Waals surface area contributed by atoms with E-state index < -0.39 is 0 Å². The number of guanidine groups is 1. The molecule has 2 unspecified atom stereocenters. The molecule has 0 aromatic heterocycles. The van der Waals surface area contributed by atoms with Gasteiger partial charge in [-0.1, -0.05) is 6.92 Å². The van der Waals surface area contributed by atoms with Crippen molar-refractivity contribution in [3.05, 3.63) is 18.2 Å². The van der Waals surface area contributed by atoms with Gasteiger partial charge in [-0.2, -0.15) is 0 Å². The molecule has 1 fully saturated rings. The molecule has 2 heterocycles. The van der Waals surface area contributed by atoms with Crippen LogP contribution in [0.3, 0.4) is 0 Å². The van der Waals surface area contributed by atoms with Crippen LogP contribution < -0.4 is 24.8 Å². The fourth-order valence-electron chi connectivity index (χ4n) is 3.40. The van der Waals surface area contributed by atoms with Gasteiger partial charge < -0.3 is 24.8 Å². The first-order valence-corrected chi connectivity index (χ1v) is 9.88. The third-order valence-corrected chi connectivity index (χ3v) is 5.01. The fourth-order valence-corrected chi connectivity index (χ4v) is 3.40. The quantitative estimate of drug-likeness (QED) is 0.431. The molecule has 0 spiro atoms. The van der Waals surface area contributed by atoms with Crippen molar-refractivity contribution in [1.82, 2.24) is 15.5 Å². The Balaban J connectivity index is 1.49. The van der Waals surface area contributed by atoms with Crippen LogP contribution in [-0.4, -0.2) is 62.5 Å². The summed E-state index contributed by atoms with van der Waals surface area (Å²) in [6.45, 7) is 13.3. The van der Waals surface area contributed by atoms with Crippen LogP contribution in [-0.2, 0) is 0 Å². The average molecular weight is 377 g/mol. The van der Waals surface area contributed by atoms with Gasteiger partial charge in [-0.25, -0.2) is 4.99 Å². The number of nitrogens with zero attached hydrogens (tertiary/aromatic N) is 2. The van der Waals surface area contributed by atoms with Gasteiger partial charge in [0.1, 0.15) is 12.4 Å². The molecule has 0 amide bonds. The second-order valence-corrected chi connectivity index (χ2v) is 7.40. The van der Waals surface area contributed by atoms with Gasteiger partial charge in [-0.05, 0) is 38.8 Å². The molecule has 150 valence electrons. The average Bonchev–Trinajstić information content (AvgIpc) is 3.25. The standard InChI is InChI=1S/C20H32N4O3/c1-5-21-20(23-17-12-24(14(2)3)11-15(17)4)22-8-9-25-16-6-7-18-19(10-16)27-13-26-18/h6-7,10,14-15,17H,5,8-9,11-13H2,1-4H3,(H2,21,22,23). The first-order valence-electron chi connectivity index (χ1n) is 9.88. The largest absolute Gasteiger partial charge is 0.492 e. The number of rotatable bonds is 7. The molecule has 1 aromatic rings. The maximum absolute atomic E-state index is 5.79. The highest BCUT2D eigenvalue weighted by molar-refractivity contribution is 5.80. The maximum Gasteiger partial charge on any atom is 0.231 e. The molecule has 0 radical (unpaired) electrons. The summed E-state index contributed by atoms with van der Waals surface area (Å²) in [5.41, 5.74) is 0. The van der Waals surface area contributed by atoms with E-state index in [0.717, 1.165) is 42.8 Å². The van der Waals surface area contributed by atoms with Crippen LogP contribution in [0.4, 0.5) is 0 Å². The highest BCUT2D eigenvalue weighted by Crippen LogP contribution is 2.35. The molecule has 0 bridgehead atoms. The summed E-state index contributed by atoms with van der Waals surface area (Å²) in [6, 6.07) is 6.61. The second-order valence-electron chi connectivity index (χ2n) is 7.40. The molecule has 0 aliphatic carbocycles. The molecular formula is C20H32N4O3. The van der Waals surface area contributed by atoms with E-state index in [-0.39, 0.29) is 6.79 Å². The summed E-state index contributed by atoms with van der Waals surface area (Å²) in [4.78, 5) is 7.17. The number of hydrogen-bond donors (Lipinski definition) is 2. The van der Waals surface area contributed by atoms with Crippen LogP contribution >= 0.6 is 0 Å². The summed E-state index contributed by atoms with van der Waals surface area (Å²) in [7, 11) is 0. The van der Waals surface area contributed by atoms with Gasteiger partial charge in [-0.3, -0.25) is 4.90 Å². The molecule has 0 saturated carbocycles. The minimum atomic E-state index is 0.272. The Kier molecular flexibility index (Phi) is 6.66. The van der Waals surface area contributed by atoms with Gasteiger partial charge in [0.15, 0.2) is 17.5 Å². The lowest BCUT2D eigenvalue weighted by atomic mass is 10.1. The van der Waals surface area contributed by atoms with Crippen LogP contribution in [0.2, 0.25) is 0 Å². The lowest BCUT2D eigenvalue weighted by molar-refractivity contribution is 0.173. The summed E-state index contributed by atoms with van der Waals surface area (Å²) < 4.78 is 16.5. The Labute approximate surface area is 162 Å². The van der Waals surface area contributed by atoms with Crippen molar-refractivity contribution in [1.29, 1.82) is 0 Å². The third kappa shape index (κ3) is 5.19. The summed E-state index contributed by atoms with van der Waals surface area (Å²) in [5, 5.41) is 6.92. The Morgan fingerprint density at radius 3 is 2.85 bits per heavy atom. The van der Waals surface area contributed by atoms with Crippen molar-refractivity contribution in [2.24, 2.45) is 10.9 Å². The van der Waals surface area contributed by atoms with Gasteiger partial charge in [0, 0.05) is 37.8 Å². The molecule has 27 heavy (non-hydrogen) atoms. The van der Waals surface area contributed by atoms with Gasteiger partial charge in [0.05, 0.1) is 6.54 Å². The smallest absolute Gasteiger partial charge is 0.231 e. The van der Waals surface area contributed by atoms with Crippen LogP contribution in [0.5, 0.6) is 17.2 Å². The van der Waals surface area contributed by atoms with E-state index in [1.165, 1.54) is 0 Å². The number of aliphatic imine (C=N–C) groups is 1. The molecule has 1 saturated heterocycles. The summed E-state index contributed by atoms with van der Waals surface area (Å²) in [5.74, 6) is 3.72. The van der Waals surface area contributed by atoms with E-state index in [2.05, 4.69) is 48.2 Å². The molecule has 2 atom stereocenters. The minimum absolute atomic E-state index is 0.272. The Hall–Kier alpha value is -2.15. The van der Waals surface area contributed by atoms with E-state index >= 15 is 0 Å². The first kappa shape index (κ1) is 19.6. The lowest BCUT2D eigenvalue weighted by Gasteiger charge is -2.22.